The molecule has 3 rings (SSSR count). The molecule has 118 valence electrons. The van der Waals surface area contributed by atoms with Crippen LogP contribution in [0.2, 0.25) is 0 Å². The molecule has 1 aromatic heterocycles. The van der Waals surface area contributed by atoms with Crippen molar-refractivity contribution in [3.63, 3.8) is 0 Å². The molecule has 3 aromatic rings. The third-order valence-corrected chi connectivity index (χ3v) is 3.28. The number of hydrogen-bond acceptors (Lipinski definition) is 7. The number of fused-ring (bicyclic) bond motifs is 1. The number of aromatic nitrogens is 2. The summed E-state index contributed by atoms with van der Waals surface area (Å²) in [6, 6.07) is 10.4. The minimum absolute atomic E-state index is 0.381. The summed E-state index contributed by atoms with van der Waals surface area (Å²) in [6.45, 7) is 0. The molecule has 7 heteroatoms. The molecule has 7 nitrogen and oxygen atoms in total. The smallest absolute Gasteiger partial charge is 0.230 e. The number of benzene rings is 2. The summed E-state index contributed by atoms with van der Waals surface area (Å²) in [5.74, 6) is 2.05. The van der Waals surface area contributed by atoms with Gasteiger partial charge in [-0.25, -0.2) is 9.97 Å². The van der Waals surface area contributed by atoms with E-state index in [2.05, 4.69) is 15.4 Å². The molecule has 0 atom stereocenters. The van der Waals surface area contributed by atoms with Crippen LogP contribution in [0.25, 0.3) is 10.9 Å². The number of anilines is 1. The van der Waals surface area contributed by atoms with E-state index in [4.69, 9.17) is 19.4 Å². The van der Waals surface area contributed by atoms with Crippen molar-refractivity contribution >= 4 is 16.6 Å². The monoisotopic (exact) mass is 313 g/mol. The third kappa shape index (κ3) is 2.95. The van der Waals surface area contributed by atoms with Crippen LogP contribution in [-0.2, 0) is 0 Å². The van der Waals surface area contributed by atoms with Crippen molar-refractivity contribution < 1.29 is 19.4 Å². The van der Waals surface area contributed by atoms with Crippen LogP contribution in [0.5, 0.6) is 23.1 Å². The lowest BCUT2D eigenvalue weighted by Crippen LogP contribution is -1.95. The van der Waals surface area contributed by atoms with Crippen LogP contribution in [0.1, 0.15) is 0 Å². The van der Waals surface area contributed by atoms with E-state index in [0.29, 0.717) is 39.7 Å². The normalized spacial score (nSPS) is 10.4. The lowest BCUT2D eigenvalue weighted by molar-refractivity contribution is 0.355. The molecule has 0 aliphatic rings. The van der Waals surface area contributed by atoms with Crippen LogP contribution in [0.3, 0.4) is 0 Å². The fourth-order valence-electron chi connectivity index (χ4n) is 2.18. The largest absolute Gasteiger partial charge is 0.493 e. The van der Waals surface area contributed by atoms with Crippen LogP contribution >= 0.6 is 0 Å². The van der Waals surface area contributed by atoms with Gasteiger partial charge in [0.1, 0.15) is 12.1 Å². The Kier molecular flexibility index (Phi) is 4.11. The molecule has 0 aliphatic heterocycles. The SMILES string of the molecule is COc1cc2ncnc(Oc3cccc(NO)c3)c2cc1OC. The zero-order chi connectivity index (χ0) is 16.2. The summed E-state index contributed by atoms with van der Waals surface area (Å²) in [5, 5.41) is 9.65. The summed E-state index contributed by atoms with van der Waals surface area (Å²) in [7, 11) is 3.13. The van der Waals surface area contributed by atoms with Gasteiger partial charge >= 0.3 is 0 Å². The summed E-state index contributed by atoms with van der Waals surface area (Å²) in [5.41, 5.74) is 3.26. The van der Waals surface area contributed by atoms with E-state index < -0.39 is 0 Å². The zero-order valence-electron chi connectivity index (χ0n) is 12.6. The molecule has 0 unspecified atom stereocenters. The van der Waals surface area contributed by atoms with Gasteiger partial charge in [-0.3, -0.25) is 10.7 Å². The summed E-state index contributed by atoms with van der Waals surface area (Å²) >= 11 is 0. The first-order chi connectivity index (χ1) is 11.2. The molecule has 0 amide bonds. The molecule has 0 aliphatic carbocycles. The second-order valence-corrected chi connectivity index (χ2v) is 4.64. The van der Waals surface area contributed by atoms with Gasteiger partial charge in [0.15, 0.2) is 11.5 Å². The lowest BCUT2D eigenvalue weighted by Gasteiger charge is -2.11. The van der Waals surface area contributed by atoms with Crippen LogP contribution in [0, 0.1) is 0 Å². The van der Waals surface area contributed by atoms with E-state index in [0.717, 1.165) is 0 Å². The Balaban J connectivity index is 2.06. The minimum atomic E-state index is 0.381. The van der Waals surface area contributed by atoms with Crippen molar-refractivity contribution in [3.05, 3.63) is 42.7 Å². The molecule has 0 spiro atoms. The van der Waals surface area contributed by atoms with Gasteiger partial charge in [-0.05, 0) is 18.2 Å². The molecular formula is C16H15N3O4. The first-order valence-electron chi connectivity index (χ1n) is 6.80. The van der Waals surface area contributed by atoms with Gasteiger partial charge in [0.2, 0.25) is 5.88 Å². The van der Waals surface area contributed by atoms with Crippen molar-refractivity contribution in [1.29, 1.82) is 0 Å². The zero-order valence-corrected chi connectivity index (χ0v) is 12.6. The van der Waals surface area contributed by atoms with Gasteiger partial charge in [-0.1, -0.05) is 6.07 Å². The Labute approximate surface area is 132 Å². The molecule has 0 bridgehead atoms. The van der Waals surface area contributed by atoms with Crippen molar-refractivity contribution in [3.8, 4) is 23.1 Å². The number of nitrogens with zero attached hydrogens (tertiary/aromatic N) is 2. The topological polar surface area (TPSA) is 85.7 Å². The van der Waals surface area contributed by atoms with E-state index in [9.17, 15) is 0 Å². The summed E-state index contributed by atoms with van der Waals surface area (Å²) < 4.78 is 16.4. The Hall–Kier alpha value is -3.06. The standard InChI is InChI=1S/C16H15N3O4/c1-21-14-7-12-13(8-15(14)22-2)17-9-18-16(12)23-11-5-3-4-10(6-11)19-20/h3-9,19-20H,1-2H3. The van der Waals surface area contributed by atoms with Gasteiger partial charge in [-0.2, -0.15) is 0 Å². The van der Waals surface area contributed by atoms with E-state index in [1.54, 1.807) is 50.6 Å². The number of hydrogen-bond donors (Lipinski definition) is 2. The quantitative estimate of drug-likeness (QED) is 0.699. The molecule has 0 radical (unpaired) electrons. The van der Waals surface area contributed by atoms with Crippen LogP contribution in [0.4, 0.5) is 5.69 Å². The second kappa shape index (κ2) is 6.37. The molecule has 2 N–H and O–H groups in total. The van der Waals surface area contributed by atoms with E-state index in [-0.39, 0.29) is 0 Å². The highest BCUT2D eigenvalue weighted by Gasteiger charge is 2.12. The third-order valence-electron chi connectivity index (χ3n) is 3.28. The minimum Gasteiger partial charge on any atom is -0.493 e. The summed E-state index contributed by atoms with van der Waals surface area (Å²) in [4.78, 5) is 8.40. The fraction of sp³-hybridized carbons (Fsp3) is 0.125. The van der Waals surface area contributed by atoms with Gasteiger partial charge in [0.25, 0.3) is 0 Å². The maximum absolute atomic E-state index is 8.96. The fourth-order valence-corrected chi connectivity index (χ4v) is 2.18. The molecule has 0 saturated carbocycles. The molecule has 2 aromatic carbocycles. The Bertz CT molecular complexity index is 839. The van der Waals surface area contributed by atoms with Gasteiger partial charge in [-0.15, -0.1) is 0 Å². The maximum Gasteiger partial charge on any atom is 0.230 e. The Morgan fingerprint density at radius 3 is 2.52 bits per heavy atom. The Morgan fingerprint density at radius 1 is 1.00 bits per heavy atom. The molecule has 0 saturated heterocycles. The number of methoxy groups -OCH3 is 2. The van der Waals surface area contributed by atoms with Crippen molar-refractivity contribution in [2.45, 2.75) is 0 Å². The number of rotatable bonds is 5. The molecule has 1 heterocycles. The highest BCUT2D eigenvalue weighted by molar-refractivity contribution is 5.87. The van der Waals surface area contributed by atoms with Crippen LogP contribution in [0.15, 0.2) is 42.7 Å². The first kappa shape index (κ1) is 14.9. The van der Waals surface area contributed by atoms with Crippen molar-refractivity contribution in [2.75, 3.05) is 19.7 Å². The van der Waals surface area contributed by atoms with E-state index >= 15 is 0 Å². The second-order valence-electron chi connectivity index (χ2n) is 4.64. The van der Waals surface area contributed by atoms with Gasteiger partial charge < -0.3 is 14.2 Å². The lowest BCUT2D eigenvalue weighted by atomic mass is 10.2. The van der Waals surface area contributed by atoms with Gasteiger partial charge in [0, 0.05) is 12.1 Å². The van der Waals surface area contributed by atoms with Crippen LogP contribution in [-0.4, -0.2) is 29.4 Å². The van der Waals surface area contributed by atoms with E-state index in [1.165, 1.54) is 6.33 Å². The maximum atomic E-state index is 8.96. The number of nitrogens with one attached hydrogen (secondary N) is 1. The number of ether oxygens (including phenoxy) is 3. The predicted octanol–water partition coefficient (Wildman–Crippen LogP) is 3.24. The van der Waals surface area contributed by atoms with Gasteiger partial charge in [0.05, 0.1) is 30.8 Å². The Morgan fingerprint density at radius 2 is 1.78 bits per heavy atom. The van der Waals surface area contributed by atoms with Crippen LogP contribution < -0.4 is 19.7 Å². The molecule has 0 fully saturated rings. The molecular weight excluding hydrogens is 298 g/mol. The molecule has 23 heavy (non-hydrogen) atoms. The van der Waals surface area contributed by atoms with E-state index in [1.807, 2.05) is 0 Å². The summed E-state index contributed by atoms with van der Waals surface area (Å²) in [6.07, 6.45) is 1.41. The average Bonchev–Trinajstić information content (AvgIpc) is 2.61. The van der Waals surface area contributed by atoms with Crippen molar-refractivity contribution in [2.24, 2.45) is 0 Å². The van der Waals surface area contributed by atoms with Crippen molar-refractivity contribution in [1.82, 2.24) is 9.97 Å². The highest BCUT2D eigenvalue weighted by Crippen LogP contribution is 2.35. The first-order valence-corrected chi connectivity index (χ1v) is 6.80. The average molecular weight is 313 g/mol. The highest BCUT2D eigenvalue weighted by atomic mass is 16.5. The predicted molar refractivity (Wildman–Crippen MR) is 84.6 cm³/mol.